The lowest BCUT2D eigenvalue weighted by molar-refractivity contribution is -0.141. The van der Waals surface area contributed by atoms with E-state index < -0.39 is 35.6 Å². The molecule has 2 rings (SSSR count). The van der Waals surface area contributed by atoms with E-state index in [9.17, 15) is 19.5 Å². The molecule has 43 heavy (non-hydrogen) atoms. The first-order valence-corrected chi connectivity index (χ1v) is 15.6. The lowest BCUT2D eigenvalue weighted by atomic mass is 9.96. The van der Waals surface area contributed by atoms with E-state index in [2.05, 4.69) is 17.6 Å². The minimum Gasteiger partial charge on any atom is -0.507 e. The van der Waals surface area contributed by atoms with Crippen molar-refractivity contribution in [3.05, 3.63) is 58.7 Å². The van der Waals surface area contributed by atoms with E-state index in [0.717, 1.165) is 43.2 Å². The van der Waals surface area contributed by atoms with Crippen molar-refractivity contribution in [2.45, 2.75) is 119 Å². The summed E-state index contributed by atoms with van der Waals surface area (Å²) in [5.41, 5.74) is 2.64. The van der Waals surface area contributed by atoms with E-state index in [1.54, 1.807) is 45.9 Å². The fourth-order valence-electron chi connectivity index (χ4n) is 5.11. The third-order valence-corrected chi connectivity index (χ3v) is 7.49. The molecule has 2 atom stereocenters. The molecule has 0 aliphatic carbocycles. The van der Waals surface area contributed by atoms with Gasteiger partial charge < -0.3 is 25.4 Å². The van der Waals surface area contributed by atoms with Crippen molar-refractivity contribution < 1.29 is 24.2 Å². The van der Waals surface area contributed by atoms with E-state index in [0.29, 0.717) is 23.2 Å². The Labute approximate surface area is 258 Å². The Bertz CT molecular complexity index is 1210. The quantitative estimate of drug-likeness (QED) is 0.194. The van der Waals surface area contributed by atoms with Crippen LogP contribution in [-0.2, 0) is 14.3 Å². The number of rotatable bonds is 14. The van der Waals surface area contributed by atoms with Crippen molar-refractivity contribution >= 4 is 23.6 Å². The number of aromatic hydroxyl groups is 1. The van der Waals surface area contributed by atoms with Gasteiger partial charge in [0.1, 0.15) is 23.4 Å². The van der Waals surface area contributed by atoms with E-state index in [4.69, 9.17) is 4.74 Å². The number of carbonyl (C=O) groups is 3. The monoisotopic (exact) mass is 595 g/mol. The summed E-state index contributed by atoms with van der Waals surface area (Å²) in [4.78, 5) is 43.1. The number of nitrogens with zero attached hydrogens (tertiary/aromatic N) is 1. The largest absolute Gasteiger partial charge is 0.507 e. The molecule has 2 aromatic carbocycles. The maximum atomic E-state index is 14.4. The number of anilines is 1. The summed E-state index contributed by atoms with van der Waals surface area (Å²) < 4.78 is 5.48. The van der Waals surface area contributed by atoms with Gasteiger partial charge in [0.2, 0.25) is 5.91 Å². The summed E-state index contributed by atoms with van der Waals surface area (Å²) in [6.07, 6.45) is 5.27. The summed E-state index contributed by atoms with van der Waals surface area (Å²) >= 11 is 0. The molecule has 0 fully saturated rings. The average Bonchev–Trinajstić information content (AvgIpc) is 2.91. The van der Waals surface area contributed by atoms with Crippen LogP contribution >= 0.6 is 0 Å². The zero-order chi connectivity index (χ0) is 32.3. The van der Waals surface area contributed by atoms with Gasteiger partial charge in [0.15, 0.2) is 0 Å². The second-order valence-corrected chi connectivity index (χ2v) is 12.8. The molecule has 8 nitrogen and oxygen atoms in total. The van der Waals surface area contributed by atoms with Crippen molar-refractivity contribution in [1.29, 1.82) is 0 Å². The number of aryl methyl sites for hydroxylation is 3. The standard InChI is InChI=1S/C35H53N3O5/c1-10-11-12-13-14-15-22-38(33(41)28(23(2)3)37-34(42)43-35(7,8)9)30(27-21-17-20-26(6)31(27)39)32(40)36-29-24(4)18-16-19-25(29)5/h16-21,23,28,30,39H,10-15,22H2,1-9H3,(H,36,40)(H,37,42). The first-order chi connectivity index (χ1) is 20.2. The Morgan fingerprint density at radius 3 is 2.02 bits per heavy atom. The molecule has 0 heterocycles. The number of alkyl carbamates (subject to hydrolysis) is 1. The molecule has 3 amide bonds. The molecule has 8 heteroatoms. The van der Waals surface area contributed by atoms with Crippen LogP contribution in [0.1, 0.15) is 108 Å². The maximum absolute atomic E-state index is 14.4. The molecular formula is C35H53N3O5. The van der Waals surface area contributed by atoms with Crippen LogP contribution in [-0.4, -0.2) is 46.1 Å². The minimum absolute atomic E-state index is 0.0360. The van der Waals surface area contributed by atoms with Crippen molar-refractivity contribution in [2.75, 3.05) is 11.9 Å². The summed E-state index contributed by atoms with van der Waals surface area (Å²) in [6.45, 7) is 17.0. The highest BCUT2D eigenvalue weighted by molar-refractivity contribution is 6.00. The van der Waals surface area contributed by atoms with Gasteiger partial charge in [-0.3, -0.25) is 9.59 Å². The zero-order valence-corrected chi connectivity index (χ0v) is 27.7. The Balaban J connectivity index is 2.60. The van der Waals surface area contributed by atoms with E-state index in [-0.39, 0.29) is 18.2 Å². The van der Waals surface area contributed by atoms with Gasteiger partial charge in [-0.05, 0) is 70.6 Å². The van der Waals surface area contributed by atoms with Crippen molar-refractivity contribution in [2.24, 2.45) is 5.92 Å². The molecule has 0 saturated heterocycles. The fourth-order valence-corrected chi connectivity index (χ4v) is 5.11. The van der Waals surface area contributed by atoms with Crippen LogP contribution in [0, 0.1) is 26.7 Å². The highest BCUT2D eigenvalue weighted by Gasteiger charge is 2.38. The molecular weight excluding hydrogens is 542 g/mol. The number of ether oxygens (including phenoxy) is 1. The molecule has 0 aliphatic heterocycles. The maximum Gasteiger partial charge on any atom is 0.408 e. The molecule has 0 radical (unpaired) electrons. The number of carbonyl (C=O) groups excluding carboxylic acids is 3. The van der Waals surface area contributed by atoms with Crippen molar-refractivity contribution in [1.82, 2.24) is 10.2 Å². The van der Waals surface area contributed by atoms with Gasteiger partial charge in [-0.2, -0.15) is 0 Å². The van der Waals surface area contributed by atoms with Crippen LogP contribution < -0.4 is 10.6 Å². The normalized spacial score (nSPS) is 12.9. The smallest absolute Gasteiger partial charge is 0.408 e. The summed E-state index contributed by atoms with van der Waals surface area (Å²) in [7, 11) is 0. The molecule has 0 aromatic heterocycles. The summed E-state index contributed by atoms with van der Waals surface area (Å²) in [5, 5.41) is 17.0. The number of hydrogen-bond donors (Lipinski definition) is 3. The number of nitrogens with one attached hydrogen (secondary N) is 2. The number of unbranched alkanes of at least 4 members (excludes halogenated alkanes) is 5. The van der Waals surface area contributed by atoms with E-state index in [1.165, 1.54) is 4.90 Å². The summed E-state index contributed by atoms with van der Waals surface area (Å²) in [6, 6.07) is 8.90. The van der Waals surface area contributed by atoms with E-state index in [1.807, 2.05) is 45.9 Å². The Hall–Kier alpha value is -3.55. The second kappa shape index (κ2) is 16.3. The third-order valence-electron chi connectivity index (χ3n) is 7.49. The van der Waals surface area contributed by atoms with Crippen LogP contribution in [0.15, 0.2) is 36.4 Å². The number of phenolic OH excluding ortho intramolecular Hbond substituents is 1. The van der Waals surface area contributed by atoms with Gasteiger partial charge in [-0.25, -0.2) is 4.79 Å². The molecule has 238 valence electrons. The lowest BCUT2D eigenvalue weighted by Gasteiger charge is -2.36. The summed E-state index contributed by atoms with van der Waals surface area (Å²) in [5.74, 6) is -1.17. The zero-order valence-electron chi connectivity index (χ0n) is 27.7. The van der Waals surface area contributed by atoms with Gasteiger partial charge in [-0.15, -0.1) is 0 Å². The highest BCUT2D eigenvalue weighted by atomic mass is 16.6. The average molecular weight is 596 g/mol. The number of phenols is 1. The van der Waals surface area contributed by atoms with Gasteiger partial charge in [-0.1, -0.05) is 89.3 Å². The molecule has 2 unspecified atom stereocenters. The SMILES string of the molecule is CCCCCCCCN(C(=O)C(NC(=O)OC(C)(C)C)C(C)C)C(C(=O)Nc1c(C)cccc1C)c1cccc(C)c1O. The van der Waals surface area contributed by atoms with Crippen molar-refractivity contribution in [3.8, 4) is 5.75 Å². The predicted octanol–water partition coefficient (Wildman–Crippen LogP) is 7.74. The van der Waals surface area contributed by atoms with Crippen LogP contribution in [0.25, 0.3) is 0 Å². The van der Waals surface area contributed by atoms with Gasteiger partial charge in [0.25, 0.3) is 5.91 Å². The van der Waals surface area contributed by atoms with Gasteiger partial charge in [0, 0.05) is 17.8 Å². The fraction of sp³-hybridized carbons (Fsp3) is 0.571. The predicted molar refractivity (Wildman–Crippen MR) is 173 cm³/mol. The molecule has 2 aromatic rings. The highest BCUT2D eigenvalue weighted by Crippen LogP contribution is 2.34. The Kier molecular flexibility index (Phi) is 13.5. The number of para-hydroxylation sites is 2. The van der Waals surface area contributed by atoms with Crippen LogP contribution in [0.5, 0.6) is 5.75 Å². The first kappa shape index (κ1) is 35.6. The van der Waals surface area contributed by atoms with Gasteiger partial charge >= 0.3 is 6.09 Å². The van der Waals surface area contributed by atoms with Gasteiger partial charge in [0.05, 0.1) is 0 Å². The van der Waals surface area contributed by atoms with Crippen LogP contribution in [0.2, 0.25) is 0 Å². The van der Waals surface area contributed by atoms with Crippen LogP contribution in [0.4, 0.5) is 10.5 Å². The molecule has 0 saturated carbocycles. The third kappa shape index (κ3) is 10.6. The minimum atomic E-state index is -1.14. The molecule has 0 bridgehead atoms. The van der Waals surface area contributed by atoms with E-state index >= 15 is 0 Å². The first-order valence-electron chi connectivity index (χ1n) is 15.6. The second-order valence-electron chi connectivity index (χ2n) is 12.8. The molecule has 0 spiro atoms. The van der Waals surface area contributed by atoms with Crippen molar-refractivity contribution in [3.63, 3.8) is 0 Å². The Morgan fingerprint density at radius 1 is 0.884 bits per heavy atom. The number of benzene rings is 2. The van der Waals surface area contributed by atoms with Crippen LogP contribution in [0.3, 0.4) is 0 Å². The number of amides is 3. The molecule has 0 aliphatic rings. The lowest BCUT2D eigenvalue weighted by Crippen LogP contribution is -2.54. The topological polar surface area (TPSA) is 108 Å². The number of hydrogen-bond acceptors (Lipinski definition) is 5. The molecule has 3 N–H and O–H groups in total. The Morgan fingerprint density at radius 2 is 1.44 bits per heavy atom.